The molecule has 7 nitrogen and oxygen atoms in total. The Morgan fingerprint density at radius 2 is 1.76 bits per heavy atom. The normalized spacial score (nSPS) is 15.0. The van der Waals surface area contributed by atoms with Gasteiger partial charge in [0, 0.05) is 10.7 Å². The largest absolute Gasteiger partial charge is 0.324 e. The fourth-order valence-corrected chi connectivity index (χ4v) is 4.10. The monoisotopic (exact) mass is 456 g/mol. The highest BCUT2D eigenvalue weighted by molar-refractivity contribution is 6.31. The standard InChI is InChI=1S/C25H21ClN6O/c1-17-12-13-20(26)14-21(17)27-24(33)16-31-22(18-8-4-2-5-9-18)15-23(19-10-6-3-7-11-19)32-25(31)28-29-30-32/h2-15,23H,16H2,1H3,(H,27,33)/t23-/m0/s1. The maximum Gasteiger partial charge on any atom is 0.251 e. The van der Waals surface area contributed by atoms with Crippen molar-refractivity contribution >= 4 is 34.8 Å². The minimum absolute atomic E-state index is 0.0363. The number of allylic oxidation sites excluding steroid dienone is 1. The van der Waals surface area contributed by atoms with Gasteiger partial charge in [0.1, 0.15) is 12.6 Å². The number of nitrogens with one attached hydrogen (secondary N) is 1. The second-order valence-corrected chi connectivity index (χ2v) is 8.23. The topological polar surface area (TPSA) is 75.9 Å². The number of amides is 1. The maximum absolute atomic E-state index is 13.1. The highest BCUT2D eigenvalue weighted by Gasteiger charge is 2.31. The van der Waals surface area contributed by atoms with E-state index in [1.165, 1.54) is 0 Å². The second-order valence-electron chi connectivity index (χ2n) is 7.79. The smallest absolute Gasteiger partial charge is 0.251 e. The minimum atomic E-state index is -0.199. The second kappa shape index (κ2) is 8.88. The molecule has 0 fully saturated rings. The number of carbonyl (C=O) groups is 1. The van der Waals surface area contributed by atoms with Gasteiger partial charge in [-0.05, 0) is 52.2 Å². The Hall–Kier alpha value is -3.97. The number of nitrogens with zero attached hydrogens (tertiary/aromatic N) is 5. The van der Waals surface area contributed by atoms with Crippen molar-refractivity contribution in [1.82, 2.24) is 20.2 Å². The summed E-state index contributed by atoms with van der Waals surface area (Å²) >= 11 is 6.12. The molecule has 0 aliphatic carbocycles. The fourth-order valence-electron chi connectivity index (χ4n) is 3.93. The number of anilines is 2. The molecule has 1 aliphatic rings. The molecular weight excluding hydrogens is 436 g/mol. The number of hydrogen-bond donors (Lipinski definition) is 1. The number of rotatable bonds is 5. The maximum atomic E-state index is 13.1. The molecule has 1 N–H and O–H groups in total. The highest BCUT2D eigenvalue weighted by atomic mass is 35.5. The Bertz CT molecular complexity index is 1320. The van der Waals surface area contributed by atoms with E-state index in [2.05, 4.69) is 26.9 Å². The molecule has 0 spiro atoms. The van der Waals surface area contributed by atoms with Crippen molar-refractivity contribution in [3.05, 3.63) is 107 Å². The van der Waals surface area contributed by atoms with E-state index in [1.54, 1.807) is 16.8 Å². The number of tetrazole rings is 1. The first-order chi connectivity index (χ1) is 16.1. The molecule has 1 amide bonds. The van der Waals surface area contributed by atoms with E-state index in [1.807, 2.05) is 78.6 Å². The zero-order valence-corrected chi connectivity index (χ0v) is 18.6. The van der Waals surface area contributed by atoms with Gasteiger partial charge in [-0.2, -0.15) is 4.68 Å². The van der Waals surface area contributed by atoms with Gasteiger partial charge in [-0.3, -0.25) is 9.69 Å². The molecule has 0 saturated carbocycles. The molecule has 0 saturated heterocycles. The summed E-state index contributed by atoms with van der Waals surface area (Å²) in [6.07, 6.45) is 2.09. The van der Waals surface area contributed by atoms with Gasteiger partial charge in [0.15, 0.2) is 0 Å². The Morgan fingerprint density at radius 1 is 1.03 bits per heavy atom. The predicted octanol–water partition coefficient (Wildman–Crippen LogP) is 4.72. The lowest BCUT2D eigenvalue weighted by Crippen LogP contribution is -2.37. The van der Waals surface area contributed by atoms with Crippen LogP contribution in [0.1, 0.15) is 22.7 Å². The molecule has 5 rings (SSSR count). The van der Waals surface area contributed by atoms with E-state index < -0.39 is 0 Å². The number of hydrogen-bond acceptors (Lipinski definition) is 5. The van der Waals surface area contributed by atoms with Crippen molar-refractivity contribution in [3.8, 4) is 0 Å². The van der Waals surface area contributed by atoms with Crippen LogP contribution in [0.5, 0.6) is 0 Å². The lowest BCUT2D eigenvalue weighted by molar-refractivity contribution is -0.114. The SMILES string of the molecule is Cc1ccc(Cl)cc1NC(=O)CN1C(c2ccccc2)=C[C@@H](c2ccccc2)n2nnnc21. The van der Waals surface area contributed by atoms with Crippen LogP contribution in [-0.2, 0) is 4.79 Å². The Balaban J connectivity index is 1.53. The van der Waals surface area contributed by atoms with Crippen LogP contribution in [0.2, 0.25) is 5.02 Å². The molecule has 164 valence electrons. The van der Waals surface area contributed by atoms with Gasteiger partial charge < -0.3 is 5.32 Å². The molecule has 4 aromatic rings. The van der Waals surface area contributed by atoms with Gasteiger partial charge in [0.05, 0.1) is 5.70 Å². The zero-order chi connectivity index (χ0) is 22.8. The van der Waals surface area contributed by atoms with Gasteiger partial charge in [0.2, 0.25) is 5.91 Å². The van der Waals surface area contributed by atoms with Crippen molar-refractivity contribution in [1.29, 1.82) is 0 Å². The average molecular weight is 457 g/mol. The Morgan fingerprint density at radius 3 is 2.52 bits per heavy atom. The van der Waals surface area contributed by atoms with Gasteiger partial charge in [-0.25, -0.2) is 0 Å². The summed E-state index contributed by atoms with van der Waals surface area (Å²) in [5.41, 5.74) is 4.50. The van der Waals surface area contributed by atoms with Crippen LogP contribution >= 0.6 is 11.6 Å². The van der Waals surface area contributed by atoms with E-state index in [-0.39, 0.29) is 18.5 Å². The van der Waals surface area contributed by atoms with Crippen molar-refractivity contribution in [2.24, 2.45) is 0 Å². The lowest BCUT2D eigenvalue weighted by atomic mass is 10.0. The van der Waals surface area contributed by atoms with Crippen LogP contribution in [0.3, 0.4) is 0 Å². The molecule has 1 aliphatic heterocycles. The quantitative estimate of drug-likeness (QED) is 0.470. The summed E-state index contributed by atoms with van der Waals surface area (Å²) < 4.78 is 1.74. The third-order valence-corrected chi connectivity index (χ3v) is 5.81. The first-order valence-electron chi connectivity index (χ1n) is 10.5. The first kappa shape index (κ1) is 20.9. The summed E-state index contributed by atoms with van der Waals surface area (Å²) in [6, 6.07) is 25.2. The number of halogens is 1. The number of aromatic nitrogens is 4. The summed E-state index contributed by atoms with van der Waals surface area (Å²) in [5.74, 6) is 0.304. The van der Waals surface area contributed by atoms with E-state index in [0.717, 1.165) is 22.4 Å². The fraction of sp³-hybridized carbons (Fsp3) is 0.120. The summed E-state index contributed by atoms with van der Waals surface area (Å²) in [5, 5.41) is 15.9. The Labute approximate surface area is 196 Å². The lowest BCUT2D eigenvalue weighted by Gasteiger charge is -2.32. The molecule has 8 heteroatoms. The summed E-state index contributed by atoms with van der Waals surface area (Å²) in [6.45, 7) is 1.96. The summed E-state index contributed by atoms with van der Waals surface area (Å²) in [4.78, 5) is 14.9. The van der Waals surface area contributed by atoms with E-state index in [0.29, 0.717) is 16.7 Å². The van der Waals surface area contributed by atoms with E-state index in [4.69, 9.17) is 11.6 Å². The van der Waals surface area contributed by atoms with Crippen LogP contribution in [-0.4, -0.2) is 32.7 Å². The molecule has 33 heavy (non-hydrogen) atoms. The van der Waals surface area contributed by atoms with Crippen molar-refractivity contribution < 1.29 is 4.79 Å². The van der Waals surface area contributed by atoms with Crippen LogP contribution < -0.4 is 10.2 Å². The summed E-state index contributed by atoms with van der Waals surface area (Å²) in [7, 11) is 0. The van der Waals surface area contributed by atoms with Crippen LogP contribution in [0, 0.1) is 6.92 Å². The number of fused-ring (bicyclic) bond motifs is 1. The van der Waals surface area contributed by atoms with Gasteiger partial charge in [-0.15, -0.1) is 0 Å². The van der Waals surface area contributed by atoms with Gasteiger partial charge >= 0.3 is 0 Å². The highest BCUT2D eigenvalue weighted by Crippen LogP contribution is 2.36. The third kappa shape index (κ3) is 4.23. The molecule has 3 aromatic carbocycles. The van der Waals surface area contributed by atoms with Gasteiger partial charge in [0.25, 0.3) is 5.95 Å². The minimum Gasteiger partial charge on any atom is -0.324 e. The van der Waals surface area contributed by atoms with E-state index in [9.17, 15) is 4.79 Å². The van der Waals surface area contributed by atoms with Crippen LogP contribution in [0.25, 0.3) is 5.70 Å². The predicted molar refractivity (Wildman–Crippen MR) is 129 cm³/mol. The average Bonchev–Trinajstić information content (AvgIpc) is 3.33. The van der Waals surface area contributed by atoms with Crippen molar-refractivity contribution in [2.75, 3.05) is 16.8 Å². The van der Waals surface area contributed by atoms with Crippen LogP contribution in [0.4, 0.5) is 11.6 Å². The third-order valence-electron chi connectivity index (χ3n) is 5.57. The molecule has 2 heterocycles. The zero-order valence-electron chi connectivity index (χ0n) is 17.9. The molecule has 0 unspecified atom stereocenters. The molecule has 1 aromatic heterocycles. The van der Waals surface area contributed by atoms with Gasteiger partial charge in [-0.1, -0.05) is 83.4 Å². The van der Waals surface area contributed by atoms with Crippen LogP contribution in [0.15, 0.2) is 84.9 Å². The Kier molecular flexibility index (Phi) is 5.62. The molecular formula is C25H21ClN6O. The number of aryl methyl sites for hydroxylation is 1. The molecule has 1 atom stereocenters. The molecule has 0 radical (unpaired) electrons. The van der Waals surface area contributed by atoms with E-state index >= 15 is 0 Å². The van der Waals surface area contributed by atoms with Crippen molar-refractivity contribution in [3.63, 3.8) is 0 Å². The molecule has 0 bridgehead atoms. The van der Waals surface area contributed by atoms with Crippen molar-refractivity contribution in [2.45, 2.75) is 13.0 Å². The number of carbonyl (C=O) groups excluding carboxylic acids is 1. The first-order valence-corrected chi connectivity index (χ1v) is 10.9. The number of benzene rings is 3.